The molecule has 2 atom stereocenters. The van der Waals surface area contributed by atoms with Gasteiger partial charge in [0.25, 0.3) is 0 Å². The highest BCUT2D eigenvalue weighted by Gasteiger charge is 2.35. The van der Waals surface area contributed by atoms with Crippen LogP contribution in [-0.4, -0.2) is 34.3 Å². The zero-order valence-corrected chi connectivity index (χ0v) is 19.7. The summed E-state index contributed by atoms with van der Waals surface area (Å²) >= 11 is 0. The summed E-state index contributed by atoms with van der Waals surface area (Å²) < 4.78 is 5.55. The minimum Gasteiger partial charge on any atom is -0.406 e. The smallest absolute Gasteiger partial charge is 0.347 e. The van der Waals surface area contributed by atoms with E-state index in [9.17, 15) is 14.4 Å². The Labute approximate surface area is 198 Å². The molecule has 0 saturated carbocycles. The summed E-state index contributed by atoms with van der Waals surface area (Å²) in [5.41, 5.74) is 1.78. The Morgan fingerprint density at radius 1 is 1.15 bits per heavy atom. The van der Waals surface area contributed by atoms with Crippen molar-refractivity contribution in [2.45, 2.75) is 45.7 Å². The van der Waals surface area contributed by atoms with E-state index in [0.717, 1.165) is 17.5 Å². The molecule has 0 bridgehead atoms. The number of nitrogens with one attached hydrogen (secondary N) is 1. The third-order valence-corrected chi connectivity index (χ3v) is 6.17. The van der Waals surface area contributed by atoms with Gasteiger partial charge in [0, 0.05) is 12.6 Å². The van der Waals surface area contributed by atoms with Crippen molar-refractivity contribution in [1.29, 1.82) is 0 Å². The number of fused-ring (bicyclic) bond motifs is 1. The van der Waals surface area contributed by atoms with Crippen molar-refractivity contribution in [3.05, 3.63) is 82.0 Å². The lowest BCUT2D eigenvalue weighted by Gasteiger charge is -2.26. The molecule has 0 spiro atoms. The number of amides is 2. The maximum atomic E-state index is 13.2. The van der Waals surface area contributed by atoms with E-state index in [2.05, 4.69) is 10.3 Å². The van der Waals surface area contributed by atoms with Crippen LogP contribution < -0.4 is 10.9 Å². The maximum absolute atomic E-state index is 13.2. The summed E-state index contributed by atoms with van der Waals surface area (Å²) in [4.78, 5) is 44.9. The van der Waals surface area contributed by atoms with Crippen LogP contribution in [0, 0.1) is 12.8 Å². The fourth-order valence-electron chi connectivity index (χ4n) is 4.33. The second-order valence-corrected chi connectivity index (χ2v) is 8.97. The molecular formula is C27H29N3O4. The standard InChI is InChI=1S/C27H29N3O4/c1-17(2)24(26-28-20-12-7-9-18(3)23(20)27(33)34-26)29-25(32)21-13-8-16-30(21)22(31)15-14-19-10-5-4-6-11-19/h4-7,9-12,14-15,17,21,24H,8,13,16H2,1-3H3,(H,29,32)/b15-14+/t21-,24-/m0/s1. The highest BCUT2D eigenvalue weighted by atomic mass is 16.4. The van der Waals surface area contributed by atoms with Gasteiger partial charge in [0.2, 0.25) is 17.7 Å². The molecule has 34 heavy (non-hydrogen) atoms. The van der Waals surface area contributed by atoms with Crippen molar-refractivity contribution in [3.63, 3.8) is 0 Å². The molecule has 1 N–H and O–H groups in total. The Balaban J connectivity index is 1.53. The fourth-order valence-corrected chi connectivity index (χ4v) is 4.33. The number of likely N-dealkylation sites (tertiary alicyclic amines) is 1. The van der Waals surface area contributed by atoms with Crippen LogP contribution in [0.25, 0.3) is 17.0 Å². The Bertz CT molecular complexity index is 1280. The number of carbonyl (C=O) groups is 2. The summed E-state index contributed by atoms with van der Waals surface area (Å²) in [5.74, 6) is -0.378. The minimum absolute atomic E-state index is 0.0783. The van der Waals surface area contributed by atoms with Crippen LogP contribution in [0.1, 0.15) is 49.7 Å². The van der Waals surface area contributed by atoms with E-state index >= 15 is 0 Å². The summed E-state index contributed by atoms with van der Waals surface area (Å²) in [5, 5.41) is 3.43. The number of rotatable bonds is 6. The molecule has 1 aliphatic heterocycles. The van der Waals surface area contributed by atoms with Gasteiger partial charge < -0.3 is 14.6 Å². The van der Waals surface area contributed by atoms with E-state index in [-0.39, 0.29) is 23.6 Å². The molecular weight excluding hydrogens is 430 g/mol. The van der Waals surface area contributed by atoms with Crippen LogP contribution in [-0.2, 0) is 9.59 Å². The van der Waals surface area contributed by atoms with E-state index < -0.39 is 17.7 Å². The number of nitrogens with zero attached hydrogens (tertiary/aromatic N) is 2. The number of hydrogen-bond acceptors (Lipinski definition) is 5. The maximum Gasteiger partial charge on any atom is 0.347 e. The first-order valence-electron chi connectivity index (χ1n) is 11.6. The molecule has 0 unspecified atom stereocenters. The quantitative estimate of drug-likeness (QED) is 0.562. The van der Waals surface area contributed by atoms with Gasteiger partial charge in [-0.05, 0) is 49.0 Å². The highest BCUT2D eigenvalue weighted by molar-refractivity contribution is 5.96. The Hall–Kier alpha value is -3.74. The van der Waals surface area contributed by atoms with Gasteiger partial charge in [-0.3, -0.25) is 9.59 Å². The summed E-state index contributed by atoms with van der Waals surface area (Å²) in [6.45, 7) is 6.20. The number of hydrogen-bond donors (Lipinski definition) is 1. The largest absolute Gasteiger partial charge is 0.406 e. The van der Waals surface area contributed by atoms with E-state index in [4.69, 9.17) is 4.42 Å². The van der Waals surface area contributed by atoms with Crippen LogP contribution in [0.5, 0.6) is 0 Å². The molecule has 3 aromatic rings. The molecule has 4 rings (SSSR count). The predicted octanol–water partition coefficient (Wildman–Crippen LogP) is 4.01. The number of benzene rings is 2. The van der Waals surface area contributed by atoms with Crippen LogP contribution in [0.3, 0.4) is 0 Å². The third kappa shape index (κ3) is 4.93. The van der Waals surface area contributed by atoms with E-state index in [0.29, 0.717) is 23.9 Å². The molecule has 2 amide bonds. The van der Waals surface area contributed by atoms with Gasteiger partial charge in [-0.2, -0.15) is 0 Å². The van der Waals surface area contributed by atoms with Crippen molar-refractivity contribution in [2.75, 3.05) is 6.54 Å². The molecule has 1 fully saturated rings. The lowest BCUT2D eigenvalue weighted by Crippen LogP contribution is -2.47. The van der Waals surface area contributed by atoms with Gasteiger partial charge >= 0.3 is 5.63 Å². The minimum atomic E-state index is -0.595. The molecule has 1 aromatic heterocycles. The average molecular weight is 460 g/mol. The first-order valence-corrected chi connectivity index (χ1v) is 11.6. The van der Waals surface area contributed by atoms with E-state index in [1.807, 2.05) is 63.2 Å². The van der Waals surface area contributed by atoms with Crippen molar-refractivity contribution >= 4 is 28.8 Å². The van der Waals surface area contributed by atoms with Crippen LogP contribution in [0.15, 0.2) is 63.8 Å². The number of carbonyl (C=O) groups excluding carboxylic acids is 2. The Kier molecular flexibility index (Phi) is 6.91. The van der Waals surface area contributed by atoms with Gasteiger partial charge in [0.05, 0.1) is 10.9 Å². The zero-order valence-electron chi connectivity index (χ0n) is 19.7. The lowest BCUT2D eigenvalue weighted by molar-refractivity contribution is -0.135. The van der Waals surface area contributed by atoms with Crippen molar-refractivity contribution in [3.8, 4) is 0 Å². The van der Waals surface area contributed by atoms with Crippen molar-refractivity contribution < 1.29 is 14.0 Å². The SMILES string of the molecule is Cc1cccc2nc([C@@H](NC(=O)[C@@H]3CCCN3C(=O)/C=C/c3ccccc3)C(C)C)oc(=O)c12. The first-order chi connectivity index (χ1) is 16.3. The van der Waals surface area contributed by atoms with Crippen molar-refractivity contribution in [1.82, 2.24) is 15.2 Å². The molecule has 2 heterocycles. The predicted molar refractivity (Wildman–Crippen MR) is 131 cm³/mol. The van der Waals surface area contributed by atoms with Crippen molar-refractivity contribution in [2.24, 2.45) is 5.92 Å². The molecule has 0 radical (unpaired) electrons. The molecule has 7 heteroatoms. The molecule has 7 nitrogen and oxygen atoms in total. The van der Waals surface area contributed by atoms with E-state index in [1.165, 1.54) is 6.08 Å². The number of aryl methyl sites for hydroxylation is 1. The topological polar surface area (TPSA) is 92.5 Å². The third-order valence-electron chi connectivity index (χ3n) is 6.17. The van der Waals surface area contributed by atoms with Gasteiger partial charge in [-0.15, -0.1) is 0 Å². The van der Waals surface area contributed by atoms with Gasteiger partial charge in [-0.25, -0.2) is 9.78 Å². The summed E-state index contributed by atoms with van der Waals surface area (Å²) in [6.07, 6.45) is 4.59. The van der Waals surface area contributed by atoms with E-state index in [1.54, 1.807) is 17.0 Å². The molecule has 0 aliphatic carbocycles. The summed E-state index contributed by atoms with van der Waals surface area (Å²) in [6, 6.07) is 13.8. The second-order valence-electron chi connectivity index (χ2n) is 8.97. The number of aromatic nitrogens is 1. The normalized spacial score (nSPS) is 16.9. The fraction of sp³-hybridized carbons (Fsp3) is 0.333. The average Bonchev–Trinajstić information content (AvgIpc) is 3.31. The molecule has 1 saturated heterocycles. The Morgan fingerprint density at radius 2 is 1.91 bits per heavy atom. The molecule has 1 aliphatic rings. The van der Waals surface area contributed by atoms with Crippen LogP contribution >= 0.6 is 0 Å². The molecule has 176 valence electrons. The summed E-state index contributed by atoms with van der Waals surface area (Å²) in [7, 11) is 0. The molecule has 2 aromatic carbocycles. The second kappa shape index (κ2) is 10.0. The van der Waals surface area contributed by atoms with Gasteiger partial charge in [0.1, 0.15) is 12.1 Å². The van der Waals surface area contributed by atoms with Crippen LogP contribution in [0.2, 0.25) is 0 Å². The monoisotopic (exact) mass is 459 g/mol. The highest BCUT2D eigenvalue weighted by Crippen LogP contribution is 2.24. The zero-order chi connectivity index (χ0) is 24.2. The Morgan fingerprint density at radius 3 is 2.65 bits per heavy atom. The van der Waals surface area contributed by atoms with Gasteiger partial charge in [0.15, 0.2) is 0 Å². The van der Waals surface area contributed by atoms with Crippen LogP contribution in [0.4, 0.5) is 0 Å². The van der Waals surface area contributed by atoms with Gasteiger partial charge in [-0.1, -0.05) is 56.3 Å². The lowest BCUT2D eigenvalue weighted by atomic mass is 10.0. The first kappa shape index (κ1) is 23.4.